The molecule has 2 aliphatic carbocycles. The monoisotopic (exact) mass is 546 g/mol. The molecule has 1 heterocycles. The standard InChI is InChI=1S/C38H31BO3/c1-36(2)37(3,4)42-39(41-36)27-18-20-31-29-10-6-8-12-33(29)38(35(31)22-27)32-11-7-5-9-28(32)30-19-17-26(21-34(30)38)25-15-13-24(23-40)14-16-25/h5-23H,1-4H3. The summed E-state index contributed by atoms with van der Waals surface area (Å²) in [4.78, 5) is 11.3. The molecule has 5 aromatic rings. The maximum Gasteiger partial charge on any atom is 0.494 e. The molecule has 1 saturated heterocycles. The van der Waals surface area contributed by atoms with Crippen LogP contribution in [0.3, 0.4) is 0 Å². The van der Waals surface area contributed by atoms with Gasteiger partial charge < -0.3 is 9.31 Å². The zero-order valence-corrected chi connectivity index (χ0v) is 24.3. The van der Waals surface area contributed by atoms with Gasteiger partial charge in [0.25, 0.3) is 0 Å². The van der Waals surface area contributed by atoms with Crippen molar-refractivity contribution in [2.45, 2.75) is 44.3 Å². The second kappa shape index (κ2) is 8.64. The zero-order chi connectivity index (χ0) is 28.9. The summed E-state index contributed by atoms with van der Waals surface area (Å²) in [5, 5.41) is 0. The molecule has 0 N–H and O–H groups in total. The highest BCUT2D eigenvalue weighted by atomic mass is 16.7. The van der Waals surface area contributed by atoms with Gasteiger partial charge in [0.1, 0.15) is 6.29 Å². The molecule has 1 spiro atoms. The molecule has 3 nitrogen and oxygen atoms in total. The van der Waals surface area contributed by atoms with E-state index in [1.807, 2.05) is 24.3 Å². The summed E-state index contributed by atoms with van der Waals surface area (Å²) >= 11 is 0. The Bertz CT molecular complexity index is 1890. The van der Waals surface area contributed by atoms with Crippen molar-refractivity contribution in [2.75, 3.05) is 0 Å². The fourth-order valence-corrected chi connectivity index (χ4v) is 7.22. The van der Waals surface area contributed by atoms with Crippen molar-refractivity contribution in [3.8, 4) is 33.4 Å². The van der Waals surface area contributed by atoms with Gasteiger partial charge in [-0.3, -0.25) is 4.79 Å². The van der Waals surface area contributed by atoms with Crippen molar-refractivity contribution >= 4 is 18.9 Å². The average Bonchev–Trinajstić information content (AvgIpc) is 3.55. The zero-order valence-electron chi connectivity index (χ0n) is 24.3. The van der Waals surface area contributed by atoms with Crippen molar-refractivity contribution in [3.05, 3.63) is 137 Å². The number of benzene rings is 5. The molecule has 0 radical (unpaired) electrons. The van der Waals surface area contributed by atoms with Crippen molar-refractivity contribution in [3.63, 3.8) is 0 Å². The molecule has 1 aliphatic heterocycles. The Kier molecular flexibility index (Phi) is 5.24. The van der Waals surface area contributed by atoms with E-state index < -0.39 is 23.7 Å². The van der Waals surface area contributed by atoms with Gasteiger partial charge in [-0.05, 0) is 94.9 Å². The van der Waals surface area contributed by atoms with Crippen LogP contribution in [0.4, 0.5) is 0 Å². The number of carbonyl (C=O) groups is 1. The van der Waals surface area contributed by atoms with Gasteiger partial charge in [0.15, 0.2) is 0 Å². The van der Waals surface area contributed by atoms with Gasteiger partial charge in [-0.2, -0.15) is 0 Å². The molecular weight excluding hydrogens is 515 g/mol. The van der Waals surface area contributed by atoms with Gasteiger partial charge in [-0.15, -0.1) is 0 Å². The molecule has 1 fully saturated rings. The van der Waals surface area contributed by atoms with E-state index in [9.17, 15) is 4.79 Å². The minimum atomic E-state index is -0.476. The molecule has 0 saturated carbocycles. The number of fused-ring (bicyclic) bond motifs is 10. The lowest BCUT2D eigenvalue weighted by Crippen LogP contribution is -2.41. The number of hydrogen-bond acceptors (Lipinski definition) is 3. The molecule has 3 aliphatic rings. The van der Waals surface area contributed by atoms with Crippen LogP contribution < -0.4 is 5.46 Å². The second-order valence-electron chi connectivity index (χ2n) is 12.7. The molecule has 204 valence electrons. The highest BCUT2D eigenvalue weighted by molar-refractivity contribution is 6.62. The third-order valence-electron chi connectivity index (χ3n) is 10.0. The molecule has 8 rings (SSSR count). The van der Waals surface area contributed by atoms with Gasteiger partial charge in [0.05, 0.1) is 16.6 Å². The summed E-state index contributed by atoms with van der Waals surface area (Å²) < 4.78 is 13.1. The normalized spacial score (nSPS) is 20.2. The van der Waals surface area contributed by atoms with Crippen LogP contribution in [0.5, 0.6) is 0 Å². The van der Waals surface area contributed by atoms with E-state index in [-0.39, 0.29) is 0 Å². The number of rotatable bonds is 3. The summed E-state index contributed by atoms with van der Waals surface area (Å²) in [7, 11) is -0.445. The van der Waals surface area contributed by atoms with E-state index in [1.165, 1.54) is 44.5 Å². The smallest absolute Gasteiger partial charge is 0.399 e. The van der Waals surface area contributed by atoms with Crippen molar-refractivity contribution < 1.29 is 14.1 Å². The predicted molar refractivity (Wildman–Crippen MR) is 169 cm³/mol. The van der Waals surface area contributed by atoms with Crippen LogP contribution in [0.25, 0.3) is 33.4 Å². The van der Waals surface area contributed by atoms with Crippen LogP contribution in [-0.2, 0) is 14.7 Å². The lowest BCUT2D eigenvalue weighted by Gasteiger charge is -2.32. The average molecular weight is 546 g/mol. The molecular formula is C38H31BO3. The van der Waals surface area contributed by atoms with E-state index in [2.05, 4.69) is 113 Å². The third kappa shape index (κ3) is 3.28. The Morgan fingerprint density at radius 1 is 0.548 bits per heavy atom. The first-order valence-corrected chi connectivity index (χ1v) is 14.6. The summed E-state index contributed by atoms with van der Waals surface area (Å²) in [6.45, 7) is 8.41. The summed E-state index contributed by atoms with van der Waals surface area (Å²) in [5.74, 6) is 0. The van der Waals surface area contributed by atoms with Gasteiger partial charge >= 0.3 is 7.12 Å². The maximum atomic E-state index is 11.3. The molecule has 42 heavy (non-hydrogen) atoms. The van der Waals surface area contributed by atoms with E-state index in [4.69, 9.17) is 9.31 Å². The Labute approximate surface area is 247 Å². The van der Waals surface area contributed by atoms with E-state index >= 15 is 0 Å². The lowest BCUT2D eigenvalue weighted by molar-refractivity contribution is 0.00578. The molecule has 0 bridgehead atoms. The fraction of sp³-hybridized carbons (Fsp3) is 0.184. The van der Waals surface area contributed by atoms with Gasteiger partial charge in [-0.25, -0.2) is 0 Å². The summed E-state index contributed by atoms with van der Waals surface area (Å²) in [6, 6.07) is 39.1. The van der Waals surface area contributed by atoms with Crippen LogP contribution >= 0.6 is 0 Å². The quantitative estimate of drug-likeness (QED) is 0.168. The minimum absolute atomic E-state index is 0.418. The highest BCUT2D eigenvalue weighted by Crippen LogP contribution is 2.63. The van der Waals surface area contributed by atoms with Crippen LogP contribution in [0.15, 0.2) is 109 Å². The van der Waals surface area contributed by atoms with Crippen LogP contribution in [0.2, 0.25) is 0 Å². The number of aldehydes is 1. The second-order valence-corrected chi connectivity index (χ2v) is 12.7. The van der Waals surface area contributed by atoms with E-state index in [1.54, 1.807) is 0 Å². The SMILES string of the molecule is CC1(C)OB(c2ccc3c(c2)C2(c4ccccc4-3)c3ccccc3-c3ccc(-c4ccc(C=O)cc4)cc32)OC1(C)C. The van der Waals surface area contributed by atoms with Gasteiger partial charge in [-0.1, -0.05) is 103 Å². The molecule has 0 amide bonds. The molecule has 5 aromatic carbocycles. The first kappa shape index (κ1) is 25.5. The fourth-order valence-electron chi connectivity index (χ4n) is 7.22. The van der Waals surface area contributed by atoms with Crippen molar-refractivity contribution in [1.82, 2.24) is 0 Å². The molecule has 1 unspecified atom stereocenters. The van der Waals surface area contributed by atoms with Crippen molar-refractivity contribution in [1.29, 1.82) is 0 Å². The summed E-state index contributed by atoms with van der Waals surface area (Å²) in [5.41, 5.74) is 12.8. The van der Waals surface area contributed by atoms with Crippen LogP contribution in [0, 0.1) is 0 Å². The Hall–Kier alpha value is -4.25. The predicted octanol–water partition coefficient (Wildman–Crippen LogP) is 7.81. The minimum Gasteiger partial charge on any atom is -0.399 e. The van der Waals surface area contributed by atoms with E-state index in [0.29, 0.717) is 5.56 Å². The third-order valence-corrected chi connectivity index (χ3v) is 10.0. The van der Waals surface area contributed by atoms with Gasteiger partial charge in [0, 0.05) is 5.56 Å². The molecule has 0 aromatic heterocycles. The number of carbonyl (C=O) groups excluding carboxylic acids is 1. The summed E-state index contributed by atoms with van der Waals surface area (Å²) in [6.07, 6.45) is 0.891. The number of hydrogen-bond donors (Lipinski definition) is 0. The van der Waals surface area contributed by atoms with Crippen molar-refractivity contribution in [2.24, 2.45) is 0 Å². The van der Waals surface area contributed by atoms with E-state index in [0.717, 1.165) is 22.9 Å². The molecule has 4 heteroatoms. The topological polar surface area (TPSA) is 35.5 Å². The first-order chi connectivity index (χ1) is 20.2. The maximum absolute atomic E-state index is 11.3. The Morgan fingerprint density at radius 2 is 1.05 bits per heavy atom. The van der Waals surface area contributed by atoms with Crippen LogP contribution in [0.1, 0.15) is 60.3 Å². The van der Waals surface area contributed by atoms with Crippen LogP contribution in [-0.4, -0.2) is 24.6 Å². The first-order valence-electron chi connectivity index (χ1n) is 14.6. The Balaban J connectivity index is 1.40. The lowest BCUT2D eigenvalue weighted by atomic mass is 9.68. The Morgan fingerprint density at radius 3 is 1.64 bits per heavy atom. The largest absolute Gasteiger partial charge is 0.494 e. The molecule has 1 atom stereocenters. The highest BCUT2D eigenvalue weighted by Gasteiger charge is 2.54. The van der Waals surface area contributed by atoms with Gasteiger partial charge in [0.2, 0.25) is 0 Å².